The van der Waals surface area contributed by atoms with Gasteiger partial charge in [0.25, 0.3) is 0 Å². The first-order chi connectivity index (χ1) is 2.81. The van der Waals surface area contributed by atoms with Gasteiger partial charge < -0.3 is 5.11 Å². The number of aliphatic hydroxyl groups is 1. The first-order valence-electron chi connectivity index (χ1n) is 1.61. The van der Waals surface area contributed by atoms with Crippen LogP contribution in [0.25, 0.3) is 0 Å². The molecule has 0 aliphatic heterocycles. The van der Waals surface area contributed by atoms with Gasteiger partial charge in [-0.05, 0) is 0 Å². The molecule has 0 unspecified atom stereocenters. The van der Waals surface area contributed by atoms with Crippen LogP contribution in [0.1, 0.15) is 0 Å². The van der Waals surface area contributed by atoms with Crippen LogP contribution in [0.15, 0.2) is 0 Å². The highest BCUT2D eigenvalue weighted by Gasteiger charge is 1.94. The zero-order valence-electron chi connectivity index (χ0n) is 3.60. The van der Waals surface area contributed by atoms with Crippen molar-refractivity contribution in [2.75, 3.05) is 11.8 Å². The van der Waals surface area contributed by atoms with Crippen LogP contribution in [0.3, 0.4) is 0 Å². The topological polar surface area (TPSA) is 20.2 Å². The Balaban J connectivity index is 0. The first-order valence-corrected chi connectivity index (χ1v) is 2.68. The van der Waals surface area contributed by atoms with Crippen LogP contribution >= 0.6 is 35.6 Å². The van der Waals surface area contributed by atoms with Gasteiger partial charge in [0.2, 0.25) is 0 Å². The van der Waals surface area contributed by atoms with Crippen molar-refractivity contribution in [2.45, 2.75) is 6.10 Å². The molecule has 0 saturated carbocycles. The van der Waals surface area contributed by atoms with Crippen LogP contribution in [0.4, 0.5) is 0 Å². The Morgan fingerprint density at radius 1 is 1.29 bits per heavy atom. The van der Waals surface area contributed by atoms with Gasteiger partial charge in [0.05, 0.1) is 6.10 Å². The Morgan fingerprint density at radius 2 is 1.57 bits per heavy atom. The minimum Gasteiger partial charge on any atom is -0.391 e. The minimum atomic E-state index is -0.534. The van der Waals surface area contributed by atoms with Gasteiger partial charge in [0.1, 0.15) is 0 Å². The molecule has 0 amide bonds. The molecule has 46 valence electrons. The van der Waals surface area contributed by atoms with Gasteiger partial charge >= 0.3 is 0 Å². The minimum absolute atomic E-state index is 0. The van der Waals surface area contributed by atoms with E-state index in [0.29, 0.717) is 0 Å². The molecular formula is C3H7Cl3O. The molecular weight excluding hydrogens is 158 g/mol. The molecule has 7 heavy (non-hydrogen) atoms. The molecule has 0 saturated heterocycles. The molecule has 0 aliphatic carbocycles. The monoisotopic (exact) mass is 164 g/mol. The second-order valence-corrected chi connectivity index (χ2v) is 1.58. The molecule has 0 bridgehead atoms. The van der Waals surface area contributed by atoms with E-state index in [2.05, 4.69) is 0 Å². The van der Waals surface area contributed by atoms with Gasteiger partial charge in [-0.2, -0.15) is 0 Å². The SMILES string of the molecule is Cl.OC(CCl)CCl. The van der Waals surface area contributed by atoms with E-state index in [-0.39, 0.29) is 24.2 Å². The van der Waals surface area contributed by atoms with Crippen LogP contribution in [0.5, 0.6) is 0 Å². The normalized spacial score (nSPS) is 8.57. The fraction of sp³-hybridized carbons (Fsp3) is 1.00. The van der Waals surface area contributed by atoms with Crippen molar-refractivity contribution in [1.29, 1.82) is 0 Å². The second-order valence-electron chi connectivity index (χ2n) is 0.962. The lowest BCUT2D eigenvalue weighted by molar-refractivity contribution is 0.222. The molecule has 1 nitrogen and oxygen atoms in total. The maximum atomic E-state index is 8.40. The first kappa shape index (κ1) is 10.7. The molecule has 0 aromatic heterocycles. The average Bonchev–Trinajstić information content (AvgIpc) is 1.65. The van der Waals surface area contributed by atoms with E-state index in [1.165, 1.54) is 0 Å². The Labute approximate surface area is 59.0 Å². The number of halogens is 3. The van der Waals surface area contributed by atoms with E-state index in [9.17, 15) is 0 Å². The lowest BCUT2D eigenvalue weighted by Crippen LogP contribution is -2.08. The Morgan fingerprint density at radius 3 is 1.57 bits per heavy atom. The second kappa shape index (κ2) is 6.83. The predicted octanol–water partition coefficient (Wildman–Crippen LogP) is 1.25. The zero-order chi connectivity index (χ0) is 4.99. The standard InChI is InChI=1S/C3H6Cl2O.ClH/c4-1-3(6)2-5;/h3,6H,1-2H2;1H. The van der Waals surface area contributed by atoms with Crippen LogP contribution in [-0.2, 0) is 0 Å². The third-order valence-corrected chi connectivity index (χ3v) is 1.07. The van der Waals surface area contributed by atoms with Crippen molar-refractivity contribution >= 4 is 35.6 Å². The summed E-state index contributed by atoms with van der Waals surface area (Å²) >= 11 is 10.2. The summed E-state index contributed by atoms with van der Waals surface area (Å²) in [6.07, 6.45) is -0.534. The van der Waals surface area contributed by atoms with E-state index in [4.69, 9.17) is 28.3 Å². The maximum absolute atomic E-state index is 8.40. The summed E-state index contributed by atoms with van der Waals surface area (Å²) in [6, 6.07) is 0. The Kier molecular flexibility index (Phi) is 10.5. The van der Waals surface area contributed by atoms with Gasteiger partial charge in [0.15, 0.2) is 0 Å². The summed E-state index contributed by atoms with van der Waals surface area (Å²) in [7, 11) is 0. The number of aliphatic hydroxyl groups excluding tert-OH is 1. The fourth-order valence-corrected chi connectivity index (χ4v) is 0.371. The fourth-order valence-electron chi connectivity index (χ4n) is 0.0412. The third kappa shape index (κ3) is 6.83. The summed E-state index contributed by atoms with van der Waals surface area (Å²) in [6.45, 7) is 0. The summed E-state index contributed by atoms with van der Waals surface area (Å²) < 4.78 is 0. The molecule has 0 aliphatic rings. The van der Waals surface area contributed by atoms with Gasteiger partial charge in [-0.25, -0.2) is 0 Å². The van der Waals surface area contributed by atoms with Gasteiger partial charge in [0, 0.05) is 11.8 Å². The number of rotatable bonds is 2. The summed E-state index contributed by atoms with van der Waals surface area (Å²) in [4.78, 5) is 0. The largest absolute Gasteiger partial charge is 0.391 e. The zero-order valence-corrected chi connectivity index (χ0v) is 5.93. The highest BCUT2D eigenvalue weighted by Crippen LogP contribution is 1.88. The van der Waals surface area contributed by atoms with Crippen molar-refractivity contribution < 1.29 is 5.11 Å². The molecule has 0 spiro atoms. The van der Waals surface area contributed by atoms with E-state index in [1.54, 1.807) is 0 Å². The molecule has 4 heteroatoms. The van der Waals surface area contributed by atoms with E-state index in [1.807, 2.05) is 0 Å². The third-order valence-electron chi connectivity index (χ3n) is 0.356. The molecule has 0 radical (unpaired) electrons. The van der Waals surface area contributed by atoms with E-state index < -0.39 is 6.10 Å². The van der Waals surface area contributed by atoms with Gasteiger partial charge in [-0.1, -0.05) is 0 Å². The van der Waals surface area contributed by atoms with Crippen molar-refractivity contribution in [1.82, 2.24) is 0 Å². The Hall–Kier alpha value is 0.830. The van der Waals surface area contributed by atoms with Gasteiger partial charge in [-0.15, -0.1) is 35.6 Å². The van der Waals surface area contributed by atoms with E-state index >= 15 is 0 Å². The van der Waals surface area contributed by atoms with E-state index in [0.717, 1.165) is 0 Å². The van der Waals surface area contributed by atoms with Crippen LogP contribution < -0.4 is 0 Å². The van der Waals surface area contributed by atoms with Gasteiger partial charge in [-0.3, -0.25) is 0 Å². The summed E-state index contributed by atoms with van der Waals surface area (Å²) in [5.74, 6) is 0.451. The molecule has 0 fully saturated rings. The number of alkyl halides is 2. The maximum Gasteiger partial charge on any atom is 0.0810 e. The quantitative estimate of drug-likeness (QED) is 0.611. The Bertz CT molecular complexity index is 29.4. The summed E-state index contributed by atoms with van der Waals surface area (Å²) in [5.41, 5.74) is 0. The average molecular weight is 165 g/mol. The highest BCUT2D eigenvalue weighted by atomic mass is 35.5. The summed E-state index contributed by atoms with van der Waals surface area (Å²) in [5, 5.41) is 8.40. The van der Waals surface area contributed by atoms with Crippen molar-refractivity contribution in [3.63, 3.8) is 0 Å². The smallest absolute Gasteiger partial charge is 0.0810 e. The molecule has 1 N–H and O–H groups in total. The van der Waals surface area contributed by atoms with Crippen LogP contribution in [0, 0.1) is 0 Å². The van der Waals surface area contributed by atoms with Crippen molar-refractivity contribution in [2.24, 2.45) is 0 Å². The van der Waals surface area contributed by atoms with Crippen molar-refractivity contribution in [3.8, 4) is 0 Å². The predicted molar refractivity (Wildman–Crippen MR) is 34.7 cm³/mol. The van der Waals surface area contributed by atoms with Crippen LogP contribution in [-0.4, -0.2) is 23.0 Å². The van der Waals surface area contributed by atoms with Crippen molar-refractivity contribution in [3.05, 3.63) is 0 Å². The molecule has 0 rings (SSSR count). The molecule has 0 aromatic rings. The lowest BCUT2D eigenvalue weighted by atomic mass is 10.5. The molecule has 0 aromatic carbocycles. The number of hydrogen-bond donors (Lipinski definition) is 1. The van der Waals surface area contributed by atoms with Crippen LogP contribution in [0.2, 0.25) is 0 Å². The lowest BCUT2D eigenvalue weighted by Gasteiger charge is -1.94. The molecule has 0 heterocycles. The molecule has 0 atom stereocenters. The number of hydrogen-bond acceptors (Lipinski definition) is 1. The highest BCUT2D eigenvalue weighted by molar-refractivity contribution is 6.21.